The van der Waals surface area contributed by atoms with E-state index in [4.69, 9.17) is 20.1 Å². The van der Waals surface area contributed by atoms with Crippen LogP contribution in [0, 0.1) is 0 Å². The summed E-state index contributed by atoms with van der Waals surface area (Å²) in [5.74, 6) is 0. The molecule has 0 heterocycles. The summed E-state index contributed by atoms with van der Waals surface area (Å²) in [6.45, 7) is 7.73. The highest BCUT2D eigenvalue weighted by molar-refractivity contribution is 6.58. The fourth-order valence-electron chi connectivity index (χ4n) is 2.74. The number of hydrogen-bond acceptors (Lipinski definition) is 4. The molecule has 2 rings (SSSR count). The zero-order chi connectivity index (χ0) is 21.4. The fraction of sp³-hybridized carbons (Fsp3) is 0.478. The Morgan fingerprint density at radius 1 is 0.655 bits per heavy atom. The molecule has 0 aromatic heterocycles. The van der Waals surface area contributed by atoms with Gasteiger partial charge in [0.05, 0.1) is 0 Å². The van der Waals surface area contributed by atoms with Gasteiger partial charge in [0.2, 0.25) is 0 Å². The highest BCUT2D eigenvalue weighted by atomic mass is 16.4. The molecule has 4 N–H and O–H groups in total. The number of hydrogen-bond donors (Lipinski definition) is 4. The quantitative estimate of drug-likeness (QED) is 0.534. The first-order chi connectivity index (χ1) is 13.3. The molecule has 2 aromatic carbocycles. The first-order valence-corrected chi connectivity index (χ1v) is 10.2. The Morgan fingerprint density at radius 2 is 1.03 bits per heavy atom. The van der Waals surface area contributed by atoms with Crippen molar-refractivity contribution in [1.82, 2.24) is 0 Å². The van der Waals surface area contributed by atoms with Crippen molar-refractivity contribution in [3.05, 3.63) is 65.2 Å². The molecule has 0 fully saturated rings. The maximum atomic E-state index is 9.16. The van der Waals surface area contributed by atoms with E-state index in [1.165, 1.54) is 36.4 Å². The Hall–Kier alpha value is -1.59. The van der Waals surface area contributed by atoms with Gasteiger partial charge in [-0.3, -0.25) is 0 Å². The summed E-state index contributed by atoms with van der Waals surface area (Å²) >= 11 is 0. The fourth-order valence-corrected chi connectivity index (χ4v) is 2.74. The highest BCUT2D eigenvalue weighted by Gasteiger charge is 2.12. The molecule has 0 atom stereocenters. The molecule has 0 radical (unpaired) electrons. The van der Waals surface area contributed by atoms with Crippen molar-refractivity contribution >= 4 is 19.7 Å². The molecule has 0 saturated heterocycles. The topological polar surface area (TPSA) is 80.9 Å². The van der Waals surface area contributed by atoms with Crippen molar-refractivity contribution in [2.24, 2.45) is 0 Å². The van der Waals surface area contributed by atoms with Crippen molar-refractivity contribution in [3.8, 4) is 0 Å². The molecule has 0 spiro atoms. The van der Waals surface area contributed by atoms with E-state index in [1.807, 2.05) is 12.1 Å². The summed E-state index contributed by atoms with van der Waals surface area (Å²) in [5, 5.41) is 33.6. The number of rotatable bonds is 7. The van der Waals surface area contributed by atoms with E-state index in [0.29, 0.717) is 5.46 Å². The lowest BCUT2D eigenvalue weighted by atomic mass is 9.78. The van der Waals surface area contributed by atoms with Gasteiger partial charge in [-0.1, -0.05) is 96.0 Å². The molecule has 0 amide bonds. The van der Waals surface area contributed by atoms with Crippen molar-refractivity contribution in [3.63, 3.8) is 0 Å². The Morgan fingerprint density at radius 3 is 1.38 bits per heavy atom. The summed E-state index contributed by atoms with van der Waals surface area (Å²) in [6, 6.07) is 16.5. The molecule has 2 aromatic rings. The van der Waals surface area contributed by atoms with E-state index in [2.05, 4.69) is 57.2 Å². The number of benzene rings is 2. The predicted octanol–water partition coefficient (Wildman–Crippen LogP) is 3.64. The first kappa shape index (κ1) is 29.6. The second-order valence-corrected chi connectivity index (χ2v) is 6.82. The van der Waals surface area contributed by atoms with E-state index in [0.717, 1.165) is 25.7 Å². The van der Waals surface area contributed by atoms with Gasteiger partial charge in [0.25, 0.3) is 0 Å². The van der Waals surface area contributed by atoms with Gasteiger partial charge in [-0.25, -0.2) is 0 Å². The molecule has 4 nitrogen and oxygen atoms in total. The molecular formula is C23H40B2O4. The van der Waals surface area contributed by atoms with Gasteiger partial charge < -0.3 is 20.1 Å². The lowest BCUT2D eigenvalue weighted by molar-refractivity contribution is 0.417. The largest absolute Gasteiger partial charge is 0.488 e. The molecule has 162 valence electrons. The normalized spacial score (nSPS) is 9.24. The van der Waals surface area contributed by atoms with E-state index in [-0.39, 0.29) is 7.43 Å². The molecule has 6 heteroatoms. The molecule has 0 bridgehead atoms. The molecule has 0 saturated carbocycles. The van der Waals surface area contributed by atoms with Gasteiger partial charge in [-0.2, -0.15) is 0 Å². The SMILES string of the molecule is C.CB(O)O.CCCc1cc(CCC)cc(B(O)O)c1.CCCc1ccccc1. The van der Waals surface area contributed by atoms with Crippen LogP contribution < -0.4 is 5.46 Å². The van der Waals surface area contributed by atoms with E-state index >= 15 is 0 Å². The third-order valence-corrected chi connectivity index (χ3v) is 3.83. The van der Waals surface area contributed by atoms with Crippen LogP contribution in [0.5, 0.6) is 0 Å². The number of aryl methyl sites for hydroxylation is 3. The molecular weight excluding hydrogens is 362 g/mol. The van der Waals surface area contributed by atoms with Crippen LogP contribution in [0.1, 0.15) is 64.2 Å². The van der Waals surface area contributed by atoms with Crippen LogP contribution in [-0.2, 0) is 19.3 Å². The Labute approximate surface area is 178 Å². The van der Waals surface area contributed by atoms with E-state index in [9.17, 15) is 0 Å². The average Bonchev–Trinajstić information content (AvgIpc) is 2.63. The summed E-state index contributed by atoms with van der Waals surface area (Å²) in [4.78, 5) is 0. The minimum absolute atomic E-state index is 0. The molecule has 0 aliphatic carbocycles. The Bertz CT molecular complexity index is 593. The molecule has 0 unspecified atom stereocenters. The second-order valence-electron chi connectivity index (χ2n) is 6.82. The van der Waals surface area contributed by atoms with Crippen molar-refractivity contribution in [2.75, 3.05) is 0 Å². The third kappa shape index (κ3) is 16.0. The van der Waals surface area contributed by atoms with Gasteiger partial charge in [0.15, 0.2) is 0 Å². The second kappa shape index (κ2) is 18.4. The summed E-state index contributed by atoms with van der Waals surface area (Å²) in [5.41, 5.74) is 4.46. The van der Waals surface area contributed by atoms with Crippen LogP contribution in [0.4, 0.5) is 0 Å². The van der Waals surface area contributed by atoms with Crippen LogP contribution in [-0.4, -0.2) is 34.3 Å². The zero-order valence-electron chi connectivity index (χ0n) is 17.8. The minimum atomic E-state index is -1.35. The summed E-state index contributed by atoms with van der Waals surface area (Å²) < 4.78 is 0. The molecule has 29 heavy (non-hydrogen) atoms. The monoisotopic (exact) mass is 402 g/mol. The minimum Gasteiger partial charge on any atom is -0.427 e. The van der Waals surface area contributed by atoms with Gasteiger partial charge in [0, 0.05) is 0 Å². The highest BCUT2D eigenvalue weighted by Crippen LogP contribution is 2.08. The Balaban J connectivity index is 0. The standard InChI is InChI=1S/C12H19BO2.C9H12.CH5BO2.CH4/c1-3-5-10-7-11(6-4-2)9-12(8-10)13(14)15;1-2-6-9-7-4-3-5-8-9;1-2(3)4;/h7-9,14-15H,3-6H2,1-2H3;3-5,7-8H,2,6H2,1H3;3-4H,1H3;1H4. The van der Waals surface area contributed by atoms with Crippen molar-refractivity contribution in [1.29, 1.82) is 0 Å². The van der Waals surface area contributed by atoms with E-state index < -0.39 is 14.2 Å². The smallest absolute Gasteiger partial charge is 0.427 e. The van der Waals surface area contributed by atoms with Gasteiger partial charge in [-0.05, 0) is 48.2 Å². The van der Waals surface area contributed by atoms with Crippen LogP contribution in [0.3, 0.4) is 0 Å². The van der Waals surface area contributed by atoms with Crippen LogP contribution in [0.2, 0.25) is 6.82 Å². The van der Waals surface area contributed by atoms with Gasteiger partial charge in [-0.15, -0.1) is 0 Å². The summed E-state index contributed by atoms with van der Waals surface area (Å²) in [6.07, 6.45) is 6.60. The maximum Gasteiger partial charge on any atom is 0.488 e. The molecule has 0 aliphatic heterocycles. The summed E-state index contributed by atoms with van der Waals surface area (Å²) in [7, 11) is -2.52. The van der Waals surface area contributed by atoms with Crippen LogP contribution >= 0.6 is 0 Å². The lowest BCUT2D eigenvalue weighted by Crippen LogP contribution is -2.30. The third-order valence-electron chi connectivity index (χ3n) is 3.83. The Kier molecular flexibility index (Phi) is 18.8. The maximum absolute atomic E-state index is 9.16. The zero-order valence-corrected chi connectivity index (χ0v) is 17.8. The first-order valence-electron chi connectivity index (χ1n) is 10.2. The van der Waals surface area contributed by atoms with Crippen molar-refractivity contribution in [2.45, 2.75) is 73.5 Å². The van der Waals surface area contributed by atoms with Crippen molar-refractivity contribution < 1.29 is 20.1 Å². The predicted molar refractivity (Wildman–Crippen MR) is 127 cm³/mol. The lowest BCUT2D eigenvalue weighted by Gasteiger charge is -2.08. The van der Waals surface area contributed by atoms with Gasteiger partial charge in [0.1, 0.15) is 0 Å². The van der Waals surface area contributed by atoms with Crippen LogP contribution in [0.25, 0.3) is 0 Å². The van der Waals surface area contributed by atoms with Gasteiger partial charge >= 0.3 is 14.2 Å². The van der Waals surface area contributed by atoms with E-state index in [1.54, 1.807) is 0 Å². The van der Waals surface area contributed by atoms with Crippen LogP contribution in [0.15, 0.2) is 48.5 Å². The molecule has 0 aliphatic rings. The average molecular weight is 402 g/mol.